The minimum atomic E-state index is -3.28. The number of aromatic nitrogens is 2. The lowest BCUT2D eigenvalue weighted by Crippen LogP contribution is -2.06. The van der Waals surface area contributed by atoms with Crippen LogP contribution in [0.4, 0.5) is 0 Å². The number of pyridine rings is 1. The third kappa shape index (κ3) is 3.46. The monoisotopic (exact) mass is 344 g/mol. The lowest BCUT2D eigenvalue weighted by Gasteiger charge is -2.04. The van der Waals surface area contributed by atoms with E-state index in [0.29, 0.717) is 11.3 Å². The van der Waals surface area contributed by atoms with Gasteiger partial charge in [-0.1, -0.05) is 6.07 Å². The Labute approximate surface area is 139 Å². The van der Waals surface area contributed by atoms with Crippen LogP contribution in [0.2, 0.25) is 0 Å². The van der Waals surface area contributed by atoms with Gasteiger partial charge >= 0.3 is 5.97 Å². The number of hydrogen-bond donors (Lipinski definition) is 0. The van der Waals surface area contributed by atoms with Crippen molar-refractivity contribution < 1.29 is 17.9 Å². The maximum Gasteiger partial charge on any atom is 0.338 e. The van der Waals surface area contributed by atoms with Crippen LogP contribution in [0, 0.1) is 6.92 Å². The maximum absolute atomic E-state index is 12.0. The number of esters is 1. The number of nitrogens with zero attached hydrogens (tertiary/aromatic N) is 2. The number of carbonyl (C=O) groups is 1. The largest absolute Gasteiger partial charge is 0.456 e. The lowest BCUT2D eigenvalue weighted by molar-refractivity contribution is 0.0468. The summed E-state index contributed by atoms with van der Waals surface area (Å²) < 4.78 is 29.9. The van der Waals surface area contributed by atoms with Crippen molar-refractivity contribution in [2.75, 3.05) is 6.26 Å². The molecular formula is C17H16N2O4S. The molecule has 6 nitrogen and oxygen atoms in total. The van der Waals surface area contributed by atoms with Crippen molar-refractivity contribution in [1.82, 2.24) is 9.38 Å². The van der Waals surface area contributed by atoms with Gasteiger partial charge < -0.3 is 9.14 Å². The highest BCUT2D eigenvalue weighted by Crippen LogP contribution is 2.13. The first-order valence-electron chi connectivity index (χ1n) is 7.24. The molecule has 7 heteroatoms. The Bertz CT molecular complexity index is 1000. The molecule has 1 aromatic carbocycles. The van der Waals surface area contributed by atoms with E-state index in [1.807, 2.05) is 35.9 Å². The van der Waals surface area contributed by atoms with E-state index in [9.17, 15) is 13.2 Å². The molecule has 0 saturated carbocycles. The third-order valence-corrected chi connectivity index (χ3v) is 4.65. The summed E-state index contributed by atoms with van der Waals surface area (Å²) >= 11 is 0. The van der Waals surface area contributed by atoms with E-state index < -0.39 is 15.8 Å². The van der Waals surface area contributed by atoms with Crippen molar-refractivity contribution in [3.05, 3.63) is 65.6 Å². The Morgan fingerprint density at radius 3 is 2.50 bits per heavy atom. The van der Waals surface area contributed by atoms with Crippen LogP contribution in [0.5, 0.6) is 0 Å². The van der Waals surface area contributed by atoms with Gasteiger partial charge in [-0.25, -0.2) is 18.2 Å². The summed E-state index contributed by atoms with van der Waals surface area (Å²) in [5.74, 6) is -0.525. The first-order chi connectivity index (χ1) is 11.3. The van der Waals surface area contributed by atoms with Gasteiger partial charge in [-0.3, -0.25) is 0 Å². The van der Waals surface area contributed by atoms with E-state index in [4.69, 9.17) is 4.74 Å². The Balaban J connectivity index is 1.70. The average molecular weight is 344 g/mol. The van der Waals surface area contributed by atoms with Crippen molar-refractivity contribution in [3.8, 4) is 0 Å². The Morgan fingerprint density at radius 2 is 1.83 bits per heavy atom. The Kier molecular flexibility index (Phi) is 4.11. The van der Waals surface area contributed by atoms with Gasteiger partial charge in [-0.05, 0) is 42.8 Å². The highest BCUT2D eigenvalue weighted by atomic mass is 32.2. The number of carbonyl (C=O) groups excluding carboxylic acids is 1. The highest BCUT2D eigenvalue weighted by Gasteiger charge is 2.12. The van der Waals surface area contributed by atoms with E-state index in [2.05, 4.69) is 4.98 Å². The van der Waals surface area contributed by atoms with E-state index in [0.717, 1.165) is 17.5 Å². The third-order valence-electron chi connectivity index (χ3n) is 3.52. The van der Waals surface area contributed by atoms with Gasteiger partial charge in [0.25, 0.3) is 0 Å². The standard InChI is InChI=1S/C17H16N2O4S/c1-12-3-8-16-18-14(10-19(16)9-12)11-23-17(20)13-4-6-15(7-5-13)24(2,21)22/h3-10H,11H2,1-2H3. The molecule has 2 aromatic heterocycles. The molecule has 3 aromatic rings. The number of hydrogen-bond acceptors (Lipinski definition) is 5. The van der Waals surface area contributed by atoms with E-state index in [1.165, 1.54) is 24.3 Å². The Hall–Kier alpha value is -2.67. The topological polar surface area (TPSA) is 77.7 Å². The van der Waals surface area contributed by atoms with E-state index in [-0.39, 0.29) is 11.5 Å². The fourth-order valence-corrected chi connectivity index (χ4v) is 2.92. The summed E-state index contributed by atoms with van der Waals surface area (Å²) in [7, 11) is -3.28. The van der Waals surface area contributed by atoms with Gasteiger partial charge in [0.2, 0.25) is 0 Å². The number of imidazole rings is 1. The van der Waals surface area contributed by atoms with Crippen LogP contribution in [0.25, 0.3) is 5.65 Å². The molecule has 2 heterocycles. The molecule has 124 valence electrons. The molecule has 3 rings (SSSR count). The normalized spacial score (nSPS) is 11.6. The number of sulfone groups is 1. The molecule has 0 aliphatic heterocycles. The smallest absolute Gasteiger partial charge is 0.338 e. The molecular weight excluding hydrogens is 328 g/mol. The summed E-state index contributed by atoms with van der Waals surface area (Å²) in [6, 6.07) is 9.50. The minimum Gasteiger partial charge on any atom is -0.456 e. The fourth-order valence-electron chi connectivity index (χ4n) is 2.29. The zero-order valence-corrected chi connectivity index (χ0v) is 14.1. The first kappa shape index (κ1) is 16.2. The molecule has 0 N–H and O–H groups in total. The van der Waals surface area contributed by atoms with Crippen molar-refractivity contribution in [3.63, 3.8) is 0 Å². The number of fused-ring (bicyclic) bond motifs is 1. The molecule has 0 radical (unpaired) electrons. The SMILES string of the molecule is Cc1ccc2nc(COC(=O)c3ccc(S(C)(=O)=O)cc3)cn2c1. The first-order valence-corrected chi connectivity index (χ1v) is 9.13. The van der Waals surface area contributed by atoms with Crippen LogP contribution >= 0.6 is 0 Å². The predicted molar refractivity (Wildman–Crippen MR) is 88.6 cm³/mol. The van der Waals surface area contributed by atoms with Gasteiger partial charge in [-0.15, -0.1) is 0 Å². The van der Waals surface area contributed by atoms with Gasteiger partial charge in [-0.2, -0.15) is 0 Å². The number of benzene rings is 1. The quantitative estimate of drug-likeness (QED) is 0.679. The van der Waals surface area contributed by atoms with Crippen molar-refractivity contribution in [2.45, 2.75) is 18.4 Å². The molecule has 24 heavy (non-hydrogen) atoms. The molecule has 0 fully saturated rings. The zero-order valence-electron chi connectivity index (χ0n) is 13.3. The van der Waals surface area contributed by atoms with Crippen molar-refractivity contribution in [2.24, 2.45) is 0 Å². The highest BCUT2D eigenvalue weighted by molar-refractivity contribution is 7.90. The van der Waals surface area contributed by atoms with Crippen LogP contribution in [-0.4, -0.2) is 30.0 Å². The van der Waals surface area contributed by atoms with Gasteiger partial charge in [0.15, 0.2) is 9.84 Å². The lowest BCUT2D eigenvalue weighted by atomic mass is 10.2. The van der Waals surface area contributed by atoms with Crippen LogP contribution in [-0.2, 0) is 21.2 Å². The molecule has 0 spiro atoms. The Morgan fingerprint density at radius 1 is 1.12 bits per heavy atom. The summed E-state index contributed by atoms with van der Waals surface area (Å²) in [6.45, 7) is 2.03. The van der Waals surface area contributed by atoms with Crippen molar-refractivity contribution in [1.29, 1.82) is 0 Å². The number of rotatable bonds is 4. The fraction of sp³-hybridized carbons (Fsp3) is 0.176. The molecule has 0 saturated heterocycles. The predicted octanol–water partition coefficient (Wildman–Crippen LogP) is 2.40. The second kappa shape index (κ2) is 6.09. The van der Waals surface area contributed by atoms with Crippen LogP contribution in [0.1, 0.15) is 21.6 Å². The molecule has 0 unspecified atom stereocenters. The maximum atomic E-state index is 12.0. The van der Waals surface area contributed by atoms with Crippen LogP contribution in [0.3, 0.4) is 0 Å². The summed E-state index contributed by atoms with van der Waals surface area (Å²) in [6.07, 6.45) is 4.87. The van der Waals surface area contributed by atoms with Gasteiger partial charge in [0.05, 0.1) is 16.2 Å². The minimum absolute atomic E-state index is 0.0490. The number of ether oxygens (including phenoxy) is 1. The van der Waals surface area contributed by atoms with Crippen LogP contribution < -0.4 is 0 Å². The summed E-state index contributed by atoms with van der Waals surface area (Å²) in [5.41, 5.74) is 2.82. The van der Waals surface area contributed by atoms with Crippen LogP contribution in [0.15, 0.2) is 53.7 Å². The average Bonchev–Trinajstić information content (AvgIpc) is 2.94. The van der Waals surface area contributed by atoms with Crippen molar-refractivity contribution >= 4 is 21.5 Å². The summed E-state index contributed by atoms with van der Waals surface area (Å²) in [4.78, 5) is 16.6. The van der Waals surface area contributed by atoms with E-state index >= 15 is 0 Å². The molecule has 0 bridgehead atoms. The number of aryl methyl sites for hydroxylation is 1. The molecule has 0 amide bonds. The molecule has 0 atom stereocenters. The molecule has 0 aliphatic carbocycles. The second-order valence-electron chi connectivity index (χ2n) is 5.58. The zero-order chi connectivity index (χ0) is 17.3. The van der Waals surface area contributed by atoms with Gasteiger partial charge in [0, 0.05) is 18.6 Å². The second-order valence-corrected chi connectivity index (χ2v) is 7.59. The van der Waals surface area contributed by atoms with E-state index in [1.54, 1.807) is 0 Å². The summed E-state index contributed by atoms with van der Waals surface area (Å²) in [5, 5.41) is 0. The molecule has 0 aliphatic rings. The van der Waals surface area contributed by atoms with Gasteiger partial charge in [0.1, 0.15) is 12.3 Å².